The summed E-state index contributed by atoms with van der Waals surface area (Å²) in [6, 6.07) is 7.27. The Hall–Kier alpha value is -2.70. The van der Waals surface area contributed by atoms with Crippen molar-refractivity contribution < 1.29 is 14.7 Å². The Morgan fingerprint density at radius 2 is 1.90 bits per heavy atom. The molecule has 2 N–H and O–H groups in total. The number of carboxylic acids is 1. The summed E-state index contributed by atoms with van der Waals surface area (Å²) in [5.74, 6) is -0.838. The summed E-state index contributed by atoms with van der Waals surface area (Å²) in [7, 11) is 0. The van der Waals surface area contributed by atoms with E-state index < -0.39 is 11.9 Å². The lowest BCUT2D eigenvalue weighted by molar-refractivity contribution is -0.136. The number of hydrogen-bond donors (Lipinski definition) is 2. The number of nitrogens with one attached hydrogen (secondary N) is 1. The first-order chi connectivity index (χ1) is 9.97. The Balaban J connectivity index is 2.28. The van der Waals surface area contributed by atoms with Crippen LogP contribution in [0.2, 0.25) is 0 Å². The molecule has 1 aromatic carbocycles. The minimum absolute atomic E-state index is 0.0264. The van der Waals surface area contributed by atoms with Crippen LogP contribution in [0.4, 0.5) is 5.69 Å². The molecule has 0 aliphatic heterocycles. The van der Waals surface area contributed by atoms with Crippen LogP contribution >= 0.6 is 0 Å². The van der Waals surface area contributed by atoms with Crippen molar-refractivity contribution >= 4 is 17.6 Å². The summed E-state index contributed by atoms with van der Waals surface area (Å²) < 4.78 is 0. The van der Waals surface area contributed by atoms with Crippen LogP contribution in [-0.2, 0) is 4.79 Å². The van der Waals surface area contributed by atoms with Gasteiger partial charge in [-0.05, 0) is 26.0 Å². The molecule has 1 amide bonds. The van der Waals surface area contributed by atoms with Crippen molar-refractivity contribution in [3.63, 3.8) is 0 Å². The Morgan fingerprint density at radius 1 is 1.24 bits per heavy atom. The van der Waals surface area contributed by atoms with Crippen molar-refractivity contribution in [1.29, 1.82) is 0 Å². The van der Waals surface area contributed by atoms with Crippen molar-refractivity contribution in [2.24, 2.45) is 0 Å². The number of hydrogen-bond acceptors (Lipinski definition) is 4. The monoisotopic (exact) mass is 288 g/mol. The molecule has 0 aliphatic carbocycles. The largest absolute Gasteiger partial charge is 0.481 e. The standard InChI is InChI=1S/C14H16N4O3/c1-9-3-5-11(6-4-9)18(8-7-12(19)20)14(21)13-15-10(2)16-17-13/h3-6H,7-8H2,1-2H3,(H,19,20)(H,15,16,17). The van der Waals surface area contributed by atoms with E-state index in [0.29, 0.717) is 11.5 Å². The number of aromatic nitrogens is 3. The van der Waals surface area contributed by atoms with Crippen LogP contribution < -0.4 is 4.90 Å². The van der Waals surface area contributed by atoms with Gasteiger partial charge in [0.15, 0.2) is 0 Å². The minimum Gasteiger partial charge on any atom is -0.481 e. The predicted molar refractivity (Wildman–Crippen MR) is 76.2 cm³/mol. The Bertz CT molecular complexity index is 648. The first kappa shape index (κ1) is 14.7. The number of aliphatic carboxylic acids is 1. The summed E-state index contributed by atoms with van der Waals surface area (Å²) in [4.78, 5) is 28.6. The number of carboxylic acid groups (broad SMARTS) is 1. The molecule has 1 aromatic heterocycles. The van der Waals surface area contributed by atoms with Gasteiger partial charge in [0.25, 0.3) is 5.91 Å². The van der Waals surface area contributed by atoms with Gasteiger partial charge in [0, 0.05) is 12.2 Å². The van der Waals surface area contributed by atoms with E-state index in [1.807, 2.05) is 19.1 Å². The normalized spacial score (nSPS) is 10.4. The second-order valence-corrected chi connectivity index (χ2v) is 4.68. The second-order valence-electron chi connectivity index (χ2n) is 4.68. The number of carbonyl (C=O) groups is 2. The van der Waals surface area contributed by atoms with Gasteiger partial charge in [-0.2, -0.15) is 0 Å². The number of anilines is 1. The van der Waals surface area contributed by atoms with Gasteiger partial charge in [-0.3, -0.25) is 14.7 Å². The molecule has 0 radical (unpaired) electrons. The highest BCUT2D eigenvalue weighted by molar-refractivity contribution is 6.03. The number of amides is 1. The van der Waals surface area contributed by atoms with Gasteiger partial charge in [-0.15, -0.1) is 5.10 Å². The van der Waals surface area contributed by atoms with Gasteiger partial charge in [0.1, 0.15) is 5.82 Å². The number of benzene rings is 1. The number of aryl methyl sites for hydroxylation is 2. The smallest absolute Gasteiger partial charge is 0.305 e. The Labute approximate surface area is 121 Å². The van der Waals surface area contributed by atoms with E-state index in [1.165, 1.54) is 4.90 Å². The lowest BCUT2D eigenvalue weighted by atomic mass is 10.2. The predicted octanol–water partition coefficient (Wildman–Crippen LogP) is 1.54. The number of H-pyrrole nitrogens is 1. The zero-order chi connectivity index (χ0) is 15.4. The second kappa shape index (κ2) is 6.17. The molecule has 1 heterocycles. The van der Waals surface area contributed by atoms with Crippen molar-refractivity contribution in [2.45, 2.75) is 20.3 Å². The number of nitrogens with zero attached hydrogens (tertiary/aromatic N) is 3. The van der Waals surface area contributed by atoms with Crippen LogP contribution in [0.15, 0.2) is 24.3 Å². The molecule has 0 unspecified atom stereocenters. The van der Waals surface area contributed by atoms with Crippen LogP contribution in [0.25, 0.3) is 0 Å². The first-order valence-corrected chi connectivity index (χ1v) is 6.46. The summed E-state index contributed by atoms with van der Waals surface area (Å²) in [6.07, 6.45) is -0.150. The van der Waals surface area contributed by atoms with Gasteiger partial charge in [0.2, 0.25) is 5.82 Å². The van der Waals surface area contributed by atoms with Crippen LogP contribution in [-0.4, -0.2) is 38.7 Å². The Kier molecular flexibility index (Phi) is 4.32. The van der Waals surface area contributed by atoms with Gasteiger partial charge >= 0.3 is 5.97 Å². The highest BCUT2D eigenvalue weighted by atomic mass is 16.4. The van der Waals surface area contributed by atoms with Crippen molar-refractivity contribution in [3.05, 3.63) is 41.5 Å². The molecular formula is C14H16N4O3. The van der Waals surface area contributed by atoms with Gasteiger partial charge < -0.3 is 10.0 Å². The van der Waals surface area contributed by atoms with Crippen LogP contribution in [0.3, 0.4) is 0 Å². The summed E-state index contributed by atoms with van der Waals surface area (Å²) in [5.41, 5.74) is 1.67. The molecular weight excluding hydrogens is 272 g/mol. The minimum atomic E-state index is -0.967. The molecule has 110 valence electrons. The molecule has 0 spiro atoms. The van der Waals surface area contributed by atoms with Crippen LogP contribution in [0, 0.1) is 13.8 Å². The zero-order valence-electron chi connectivity index (χ0n) is 11.8. The van der Waals surface area contributed by atoms with E-state index >= 15 is 0 Å². The van der Waals surface area contributed by atoms with Gasteiger partial charge in [0.05, 0.1) is 6.42 Å². The van der Waals surface area contributed by atoms with Gasteiger partial charge in [-0.1, -0.05) is 17.7 Å². The topological polar surface area (TPSA) is 99.2 Å². The quantitative estimate of drug-likeness (QED) is 0.869. The van der Waals surface area contributed by atoms with E-state index in [2.05, 4.69) is 15.2 Å². The van der Waals surface area contributed by atoms with E-state index in [1.54, 1.807) is 19.1 Å². The SMILES string of the molecule is Cc1ccc(N(CCC(=O)O)C(=O)c2n[nH]c(C)n2)cc1. The number of rotatable bonds is 5. The molecule has 0 aliphatic rings. The Morgan fingerprint density at radius 3 is 2.43 bits per heavy atom. The van der Waals surface area contributed by atoms with Gasteiger partial charge in [-0.25, -0.2) is 4.98 Å². The lowest BCUT2D eigenvalue weighted by Crippen LogP contribution is -2.33. The molecule has 0 fully saturated rings. The fourth-order valence-electron chi connectivity index (χ4n) is 1.84. The molecule has 0 atom stereocenters. The van der Waals surface area contributed by atoms with E-state index in [-0.39, 0.29) is 18.8 Å². The summed E-state index contributed by atoms with van der Waals surface area (Å²) in [6.45, 7) is 3.69. The van der Waals surface area contributed by atoms with E-state index in [9.17, 15) is 9.59 Å². The maximum absolute atomic E-state index is 12.4. The molecule has 2 rings (SSSR count). The third-order valence-electron chi connectivity index (χ3n) is 2.93. The molecule has 0 bridgehead atoms. The average molecular weight is 288 g/mol. The zero-order valence-corrected chi connectivity index (χ0v) is 11.8. The highest BCUT2D eigenvalue weighted by Crippen LogP contribution is 2.17. The molecule has 7 nitrogen and oxygen atoms in total. The highest BCUT2D eigenvalue weighted by Gasteiger charge is 2.22. The molecule has 0 saturated carbocycles. The number of aromatic amines is 1. The summed E-state index contributed by atoms with van der Waals surface area (Å²) >= 11 is 0. The molecule has 0 saturated heterocycles. The maximum atomic E-state index is 12.4. The molecule has 2 aromatic rings. The van der Waals surface area contributed by atoms with Crippen LogP contribution in [0.5, 0.6) is 0 Å². The van der Waals surface area contributed by atoms with E-state index in [0.717, 1.165) is 5.56 Å². The van der Waals surface area contributed by atoms with Crippen LogP contribution in [0.1, 0.15) is 28.4 Å². The lowest BCUT2D eigenvalue weighted by Gasteiger charge is -2.20. The number of carbonyl (C=O) groups excluding carboxylic acids is 1. The maximum Gasteiger partial charge on any atom is 0.305 e. The fourth-order valence-corrected chi connectivity index (χ4v) is 1.84. The molecule has 21 heavy (non-hydrogen) atoms. The van der Waals surface area contributed by atoms with Crippen molar-refractivity contribution in [1.82, 2.24) is 15.2 Å². The first-order valence-electron chi connectivity index (χ1n) is 6.46. The average Bonchev–Trinajstić information content (AvgIpc) is 2.87. The molecule has 7 heteroatoms. The summed E-state index contributed by atoms with van der Waals surface area (Å²) in [5, 5.41) is 15.3. The fraction of sp³-hybridized carbons (Fsp3) is 0.286. The third kappa shape index (κ3) is 3.65. The van der Waals surface area contributed by atoms with Crippen molar-refractivity contribution in [2.75, 3.05) is 11.4 Å². The third-order valence-corrected chi connectivity index (χ3v) is 2.93. The van der Waals surface area contributed by atoms with Crippen molar-refractivity contribution in [3.8, 4) is 0 Å². The van der Waals surface area contributed by atoms with E-state index in [4.69, 9.17) is 5.11 Å².